The Kier molecular flexibility index (Phi) is 5.80. The highest BCUT2D eigenvalue weighted by Gasteiger charge is 2.10. The number of benzene rings is 1. The minimum Gasteiger partial charge on any atom is -0.351 e. The van der Waals surface area contributed by atoms with E-state index in [4.69, 9.17) is 5.84 Å². The van der Waals surface area contributed by atoms with Gasteiger partial charge in [0.25, 0.3) is 5.91 Å². The first-order chi connectivity index (χ1) is 8.58. The molecule has 0 aromatic heterocycles. The molecule has 0 saturated carbocycles. The fourth-order valence-electron chi connectivity index (χ4n) is 1.49. The maximum atomic E-state index is 11.9. The fraction of sp³-hybridized carbons (Fsp3) is 0.417. The summed E-state index contributed by atoms with van der Waals surface area (Å²) in [6.07, 6.45) is 0. The van der Waals surface area contributed by atoms with Gasteiger partial charge < -0.3 is 10.7 Å². The minimum atomic E-state index is -0.866. The third-order valence-electron chi connectivity index (χ3n) is 2.51. The molecule has 1 rings (SSSR count). The number of aryl methyl sites for hydroxylation is 1. The third kappa shape index (κ3) is 4.12. The van der Waals surface area contributed by atoms with Crippen LogP contribution in [0.2, 0.25) is 0 Å². The lowest BCUT2D eigenvalue weighted by molar-refractivity contribution is 0.0957. The standard InChI is InChI=1S/C12H19N3O2S/c1-3-18(17)7-6-14-12(16)10-8-9(2)4-5-11(10)15-13/h4-5,8,15H,3,6-7,13H2,1-2H3,(H,14,16). The summed E-state index contributed by atoms with van der Waals surface area (Å²) in [6.45, 7) is 4.16. The molecule has 0 aliphatic heterocycles. The molecule has 18 heavy (non-hydrogen) atoms. The van der Waals surface area contributed by atoms with Gasteiger partial charge in [0.1, 0.15) is 0 Å². The largest absolute Gasteiger partial charge is 0.351 e. The molecule has 4 N–H and O–H groups in total. The van der Waals surface area contributed by atoms with Crippen molar-refractivity contribution in [2.45, 2.75) is 13.8 Å². The molecule has 0 aliphatic rings. The Bertz CT molecular complexity index is 449. The van der Waals surface area contributed by atoms with Crippen LogP contribution in [0.4, 0.5) is 5.69 Å². The lowest BCUT2D eigenvalue weighted by Crippen LogP contribution is -2.29. The molecule has 1 aromatic rings. The molecule has 0 heterocycles. The van der Waals surface area contributed by atoms with E-state index >= 15 is 0 Å². The predicted octanol–water partition coefficient (Wildman–Crippen LogP) is 0.779. The van der Waals surface area contributed by atoms with Gasteiger partial charge in [-0.25, -0.2) is 0 Å². The second-order valence-corrected chi connectivity index (χ2v) is 5.75. The van der Waals surface area contributed by atoms with E-state index in [2.05, 4.69) is 10.7 Å². The predicted molar refractivity (Wildman–Crippen MR) is 74.9 cm³/mol. The normalized spacial score (nSPS) is 11.9. The van der Waals surface area contributed by atoms with Crippen molar-refractivity contribution in [2.75, 3.05) is 23.5 Å². The van der Waals surface area contributed by atoms with E-state index in [0.29, 0.717) is 29.3 Å². The molecule has 0 fully saturated rings. The lowest BCUT2D eigenvalue weighted by atomic mass is 10.1. The zero-order valence-corrected chi connectivity index (χ0v) is 11.5. The lowest BCUT2D eigenvalue weighted by Gasteiger charge is -2.10. The number of hydrazine groups is 1. The van der Waals surface area contributed by atoms with Crippen LogP contribution in [0.15, 0.2) is 18.2 Å². The van der Waals surface area contributed by atoms with Crippen LogP contribution in [0.1, 0.15) is 22.8 Å². The summed E-state index contributed by atoms with van der Waals surface area (Å²) in [5, 5.41) is 2.74. The second kappa shape index (κ2) is 7.13. The number of nitrogens with one attached hydrogen (secondary N) is 2. The smallest absolute Gasteiger partial charge is 0.253 e. The van der Waals surface area contributed by atoms with Crippen molar-refractivity contribution in [1.82, 2.24) is 5.32 Å². The molecule has 1 amide bonds. The van der Waals surface area contributed by atoms with Crippen LogP contribution >= 0.6 is 0 Å². The average molecular weight is 269 g/mol. The average Bonchev–Trinajstić information content (AvgIpc) is 2.38. The van der Waals surface area contributed by atoms with Crippen molar-refractivity contribution in [3.63, 3.8) is 0 Å². The molecular formula is C12H19N3O2S. The van der Waals surface area contributed by atoms with Gasteiger partial charge in [0.05, 0.1) is 11.3 Å². The first-order valence-electron chi connectivity index (χ1n) is 5.79. The highest BCUT2D eigenvalue weighted by molar-refractivity contribution is 7.84. The number of hydrogen-bond acceptors (Lipinski definition) is 4. The van der Waals surface area contributed by atoms with E-state index in [1.807, 2.05) is 19.9 Å². The maximum Gasteiger partial charge on any atom is 0.253 e. The van der Waals surface area contributed by atoms with Gasteiger partial charge >= 0.3 is 0 Å². The monoisotopic (exact) mass is 269 g/mol. The molecule has 0 bridgehead atoms. The molecule has 1 aromatic carbocycles. The van der Waals surface area contributed by atoms with Crippen molar-refractivity contribution in [3.8, 4) is 0 Å². The van der Waals surface area contributed by atoms with Crippen molar-refractivity contribution in [3.05, 3.63) is 29.3 Å². The number of anilines is 1. The summed E-state index contributed by atoms with van der Waals surface area (Å²) in [7, 11) is -0.866. The highest BCUT2D eigenvalue weighted by Crippen LogP contribution is 2.15. The molecule has 0 radical (unpaired) electrons. The van der Waals surface area contributed by atoms with Crippen LogP contribution in [0.5, 0.6) is 0 Å². The van der Waals surface area contributed by atoms with Crippen LogP contribution < -0.4 is 16.6 Å². The second-order valence-electron chi connectivity index (χ2n) is 3.88. The van der Waals surface area contributed by atoms with Gasteiger partial charge in [-0.05, 0) is 19.1 Å². The van der Waals surface area contributed by atoms with E-state index in [-0.39, 0.29) is 5.91 Å². The molecule has 6 heteroatoms. The number of hydrogen-bond donors (Lipinski definition) is 3. The quantitative estimate of drug-likeness (QED) is 0.526. The Balaban J connectivity index is 2.66. The summed E-state index contributed by atoms with van der Waals surface area (Å²) in [4.78, 5) is 11.9. The van der Waals surface area contributed by atoms with Crippen molar-refractivity contribution >= 4 is 22.4 Å². The topological polar surface area (TPSA) is 84.2 Å². The first kappa shape index (κ1) is 14.7. The Hall–Kier alpha value is -1.40. The van der Waals surface area contributed by atoms with Gasteiger partial charge in [-0.1, -0.05) is 18.6 Å². The van der Waals surface area contributed by atoms with Crippen molar-refractivity contribution < 1.29 is 9.00 Å². The van der Waals surface area contributed by atoms with Crippen LogP contribution in [0, 0.1) is 6.92 Å². The van der Waals surface area contributed by atoms with Crippen LogP contribution in [0.25, 0.3) is 0 Å². The maximum absolute atomic E-state index is 11.9. The van der Waals surface area contributed by atoms with Crippen LogP contribution in [-0.4, -0.2) is 28.2 Å². The molecule has 0 aliphatic carbocycles. The van der Waals surface area contributed by atoms with Crippen LogP contribution in [0.3, 0.4) is 0 Å². The summed E-state index contributed by atoms with van der Waals surface area (Å²) in [5.41, 5.74) is 4.55. The molecular weight excluding hydrogens is 250 g/mol. The molecule has 1 unspecified atom stereocenters. The Morgan fingerprint density at radius 2 is 2.17 bits per heavy atom. The number of amides is 1. The number of carbonyl (C=O) groups is 1. The highest BCUT2D eigenvalue weighted by atomic mass is 32.2. The Morgan fingerprint density at radius 3 is 2.78 bits per heavy atom. The van der Waals surface area contributed by atoms with Crippen molar-refractivity contribution in [2.24, 2.45) is 5.84 Å². The Labute approximate surface area is 110 Å². The number of nitrogen functional groups attached to an aromatic ring is 1. The van der Waals surface area contributed by atoms with Gasteiger partial charge in [0.15, 0.2) is 0 Å². The summed E-state index contributed by atoms with van der Waals surface area (Å²) in [6, 6.07) is 5.40. The SMILES string of the molecule is CCS(=O)CCNC(=O)c1cc(C)ccc1NN. The zero-order chi connectivity index (χ0) is 13.5. The van der Waals surface area contributed by atoms with Gasteiger partial charge in [0.2, 0.25) is 0 Å². The van der Waals surface area contributed by atoms with E-state index in [9.17, 15) is 9.00 Å². The first-order valence-corrected chi connectivity index (χ1v) is 7.27. The molecule has 0 saturated heterocycles. The summed E-state index contributed by atoms with van der Waals surface area (Å²) < 4.78 is 11.2. The van der Waals surface area contributed by atoms with E-state index in [1.165, 1.54) is 0 Å². The number of nitrogens with two attached hydrogens (primary N) is 1. The molecule has 0 spiro atoms. The summed E-state index contributed by atoms with van der Waals surface area (Å²) in [5.74, 6) is 6.23. The molecule has 100 valence electrons. The van der Waals surface area contributed by atoms with Crippen molar-refractivity contribution in [1.29, 1.82) is 0 Å². The fourth-order valence-corrected chi connectivity index (χ4v) is 2.11. The van der Waals surface area contributed by atoms with E-state index in [1.54, 1.807) is 12.1 Å². The Morgan fingerprint density at radius 1 is 1.44 bits per heavy atom. The van der Waals surface area contributed by atoms with Gasteiger partial charge in [-0.3, -0.25) is 14.8 Å². The van der Waals surface area contributed by atoms with Gasteiger partial charge in [-0.15, -0.1) is 0 Å². The summed E-state index contributed by atoms with van der Waals surface area (Å²) >= 11 is 0. The number of carbonyl (C=O) groups excluding carboxylic acids is 1. The third-order valence-corrected chi connectivity index (χ3v) is 3.82. The van der Waals surface area contributed by atoms with Crippen LogP contribution in [-0.2, 0) is 10.8 Å². The molecule has 1 atom stereocenters. The molecule has 5 nitrogen and oxygen atoms in total. The van der Waals surface area contributed by atoms with E-state index < -0.39 is 10.8 Å². The van der Waals surface area contributed by atoms with Gasteiger partial charge in [0, 0.05) is 28.9 Å². The minimum absolute atomic E-state index is 0.209. The van der Waals surface area contributed by atoms with E-state index in [0.717, 1.165) is 5.56 Å². The zero-order valence-electron chi connectivity index (χ0n) is 10.7. The van der Waals surface area contributed by atoms with Gasteiger partial charge in [-0.2, -0.15) is 0 Å². The number of rotatable bonds is 6.